The molecule has 0 spiro atoms. The van der Waals surface area contributed by atoms with Gasteiger partial charge >= 0.3 is 0 Å². The molecule has 3 amide bonds. The van der Waals surface area contributed by atoms with E-state index < -0.39 is 11.8 Å². The predicted octanol–water partition coefficient (Wildman–Crippen LogP) is 3.32. The maximum absolute atomic E-state index is 12.2. The molecule has 0 saturated heterocycles. The topological polar surface area (TPSA) is 113 Å². The second kappa shape index (κ2) is 9.72. The number of aromatic nitrogens is 2. The summed E-state index contributed by atoms with van der Waals surface area (Å²) in [6.07, 6.45) is -0.0908. The molecule has 148 valence electrons. The Labute approximate surface area is 186 Å². The maximum Gasteiger partial charge on any atom is 0.269 e. The van der Waals surface area contributed by atoms with Gasteiger partial charge in [-0.15, -0.1) is 10.2 Å². The standard InChI is InChI=1S/C18H13Br2N5O3S/c19-12-5-1-10(2-6-12)16(27)21-18-25-23-15(29-18)9-14(26)22-24-17(28)11-3-7-13(20)8-4-11/h1-8H,9H2,(H,22,26)(H,24,28)(H,21,25,27). The minimum atomic E-state index is -0.461. The number of hydrazine groups is 1. The third kappa shape index (κ3) is 6.17. The summed E-state index contributed by atoms with van der Waals surface area (Å²) in [5, 5.41) is 11.0. The predicted molar refractivity (Wildman–Crippen MR) is 115 cm³/mol. The van der Waals surface area contributed by atoms with Crippen LogP contribution in [0.1, 0.15) is 25.7 Å². The first-order valence-corrected chi connectivity index (χ1v) is 10.5. The van der Waals surface area contributed by atoms with E-state index in [0.717, 1.165) is 20.3 Å². The van der Waals surface area contributed by atoms with Crippen LogP contribution in [0.4, 0.5) is 5.13 Å². The van der Waals surface area contributed by atoms with Crippen LogP contribution in [0.25, 0.3) is 0 Å². The third-order valence-electron chi connectivity index (χ3n) is 3.53. The third-order valence-corrected chi connectivity index (χ3v) is 5.42. The fraction of sp³-hybridized carbons (Fsp3) is 0.0556. The zero-order chi connectivity index (χ0) is 20.8. The Morgan fingerprint density at radius 3 is 1.93 bits per heavy atom. The molecule has 1 heterocycles. The molecule has 0 radical (unpaired) electrons. The SMILES string of the molecule is O=C(Cc1nnc(NC(=O)c2ccc(Br)cc2)s1)NNC(=O)c1ccc(Br)cc1. The summed E-state index contributed by atoms with van der Waals surface area (Å²) in [4.78, 5) is 36.2. The number of hydrogen-bond acceptors (Lipinski definition) is 6. The highest BCUT2D eigenvalue weighted by Crippen LogP contribution is 2.17. The molecule has 2 aromatic carbocycles. The molecule has 0 aliphatic rings. The van der Waals surface area contributed by atoms with E-state index in [0.29, 0.717) is 16.1 Å². The molecule has 0 unspecified atom stereocenters. The maximum atomic E-state index is 12.2. The number of halogens is 2. The summed E-state index contributed by atoms with van der Waals surface area (Å²) in [6, 6.07) is 13.5. The first-order valence-electron chi connectivity index (χ1n) is 8.15. The summed E-state index contributed by atoms with van der Waals surface area (Å²) in [7, 11) is 0. The second-order valence-electron chi connectivity index (χ2n) is 5.65. The van der Waals surface area contributed by atoms with Gasteiger partial charge in [0.15, 0.2) is 0 Å². The van der Waals surface area contributed by atoms with E-state index in [-0.39, 0.29) is 17.5 Å². The lowest BCUT2D eigenvalue weighted by Crippen LogP contribution is -2.42. The van der Waals surface area contributed by atoms with Gasteiger partial charge < -0.3 is 0 Å². The van der Waals surface area contributed by atoms with Crippen LogP contribution in [0, 0.1) is 0 Å². The van der Waals surface area contributed by atoms with E-state index in [2.05, 4.69) is 58.2 Å². The number of nitrogens with one attached hydrogen (secondary N) is 3. The van der Waals surface area contributed by atoms with Gasteiger partial charge in [-0.2, -0.15) is 0 Å². The van der Waals surface area contributed by atoms with Crippen molar-refractivity contribution in [1.29, 1.82) is 0 Å². The zero-order valence-corrected chi connectivity index (χ0v) is 18.6. The molecule has 0 fully saturated rings. The number of benzene rings is 2. The Balaban J connectivity index is 1.49. The highest BCUT2D eigenvalue weighted by Gasteiger charge is 2.13. The number of amides is 3. The molecular formula is C18H13Br2N5O3S. The molecule has 3 rings (SSSR count). The number of rotatable bonds is 5. The van der Waals surface area contributed by atoms with Gasteiger partial charge in [-0.25, -0.2) is 0 Å². The number of carbonyl (C=O) groups is 3. The van der Waals surface area contributed by atoms with Gasteiger partial charge in [-0.1, -0.05) is 43.2 Å². The van der Waals surface area contributed by atoms with E-state index in [1.807, 2.05) is 0 Å². The van der Waals surface area contributed by atoms with Gasteiger partial charge in [0.05, 0.1) is 6.42 Å². The quantitative estimate of drug-likeness (QED) is 0.431. The van der Waals surface area contributed by atoms with Gasteiger partial charge in [-0.05, 0) is 48.5 Å². The Hall–Kier alpha value is -2.63. The normalized spacial score (nSPS) is 10.3. The van der Waals surface area contributed by atoms with Crippen molar-refractivity contribution in [2.24, 2.45) is 0 Å². The average molecular weight is 539 g/mol. The summed E-state index contributed by atoms with van der Waals surface area (Å²) in [6.45, 7) is 0. The van der Waals surface area contributed by atoms with Crippen molar-refractivity contribution in [3.63, 3.8) is 0 Å². The Bertz CT molecular complexity index is 1040. The zero-order valence-electron chi connectivity index (χ0n) is 14.6. The first kappa shape index (κ1) is 21.1. The fourth-order valence-corrected chi connectivity index (χ4v) is 3.39. The van der Waals surface area contributed by atoms with Crippen molar-refractivity contribution in [2.75, 3.05) is 5.32 Å². The van der Waals surface area contributed by atoms with Crippen LogP contribution in [-0.4, -0.2) is 27.9 Å². The Kier molecular flexibility index (Phi) is 7.07. The lowest BCUT2D eigenvalue weighted by molar-refractivity contribution is -0.121. The van der Waals surface area contributed by atoms with Crippen molar-refractivity contribution in [1.82, 2.24) is 21.0 Å². The van der Waals surface area contributed by atoms with Gasteiger partial charge in [0, 0.05) is 20.1 Å². The van der Waals surface area contributed by atoms with E-state index >= 15 is 0 Å². The molecule has 0 aliphatic heterocycles. The van der Waals surface area contributed by atoms with Crippen LogP contribution in [0.5, 0.6) is 0 Å². The largest absolute Gasteiger partial charge is 0.296 e. The second-order valence-corrected chi connectivity index (χ2v) is 8.54. The highest BCUT2D eigenvalue weighted by atomic mass is 79.9. The molecule has 0 bridgehead atoms. The van der Waals surface area contributed by atoms with E-state index in [1.165, 1.54) is 0 Å². The van der Waals surface area contributed by atoms with Crippen LogP contribution in [0.3, 0.4) is 0 Å². The minimum absolute atomic E-state index is 0.0908. The number of anilines is 1. The number of carbonyl (C=O) groups excluding carboxylic acids is 3. The van der Waals surface area contributed by atoms with Crippen molar-refractivity contribution in [3.8, 4) is 0 Å². The van der Waals surface area contributed by atoms with E-state index in [4.69, 9.17) is 0 Å². The van der Waals surface area contributed by atoms with Crippen LogP contribution in [0.15, 0.2) is 57.5 Å². The summed E-state index contributed by atoms with van der Waals surface area (Å²) >= 11 is 7.67. The van der Waals surface area contributed by atoms with Gasteiger partial charge in [0.2, 0.25) is 11.0 Å². The molecule has 3 N–H and O–H groups in total. The van der Waals surface area contributed by atoms with Crippen LogP contribution < -0.4 is 16.2 Å². The number of nitrogens with zero attached hydrogens (tertiary/aromatic N) is 2. The van der Waals surface area contributed by atoms with Crippen molar-refractivity contribution in [3.05, 3.63) is 73.6 Å². The fourth-order valence-electron chi connectivity index (χ4n) is 2.13. The minimum Gasteiger partial charge on any atom is -0.296 e. The molecular weight excluding hydrogens is 526 g/mol. The van der Waals surface area contributed by atoms with Gasteiger partial charge in [0.1, 0.15) is 5.01 Å². The highest BCUT2D eigenvalue weighted by molar-refractivity contribution is 9.10. The average Bonchev–Trinajstić information content (AvgIpc) is 3.13. The Morgan fingerprint density at radius 2 is 1.34 bits per heavy atom. The molecule has 1 aromatic heterocycles. The van der Waals surface area contributed by atoms with Gasteiger partial charge in [-0.3, -0.25) is 30.6 Å². The smallest absolute Gasteiger partial charge is 0.269 e. The lowest BCUT2D eigenvalue weighted by Gasteiger charge is -2.06. The first-order chi connectivity index (χ1) is 13.9. The summed E-state index contributed by atoms with van der Waals surface area (Å²) < 4.78 is 1.71. The molecule has 0 atom stereocenters. The Morgan fingerprint density at radius 1 is 0.793 bits per heavy atom. The molecule has 0 aliphatic carbocycles. The monoisotopic (exact) mass is 537 g/mol. The summed E-state index contributed by atoms with van der Waals surface area (Å²) in [5.74, 6) is -1.23. The van der Waals surface area contributed by atoms with Crippen molar-refractivity contribution in [2.45, 2.75) is 6.42 Å². The van der Waals surface area contributed by atoms with E-state index in [1.54, 1.807) is 48.5 Å². The van der Waals surface area contributed by atoms with Crippen LogP contribution >= 0.6 is 43.2 Å². The molecule has 3 aromatic rings. The van der Waals surface area contributed by atoms with E-state index in [9.17, 15) is 14.4 Å². The molecule has 0 saturated carbocycles. The molecule has 8 nitrogen and oxygen atoms in total. The van der Waals surface area contributed by atoms with Gasteiger partial charge in [0.25, 0.3) is 11.8 Å². The van der Waals surface area contributed by atoms with Crippen molar-refractivity contribution < 1.29 is 14.4 Å². The number of hydrogen-bond donors (Lipinski definition) is 3. The lowest BCUT2D eigenvalue weighted by atomic mass is 10.2. The molecule has 29 heavy (non-hydrogen) atoms. The molecule has 11 heteroatoms. The summed E-state index contributed by atoms with van der Waals surface area (Å²) in [5.41, 5.74) is 5.53. The van der Waals surface area contributed by atoms with Crippen molar-refractivity contribution >= 4 is 66.0 Å². The van der Waals surface area contributed by atoms with Crippen LogP contribution in [0.2, 0.25) is 0 Å². The van der Waals surface area contributed by atoms with Crippen LogP contribution in [-0.2, 0) is 11.2 Å².